The van der Waals surface area contributed by atoms with Gasteiger partial charge in [0.1, 0.15) is 39.3 Å². The first-order valence-electron chi connectivity index (χ1n) is 43.5. The normalized spacial score (nSPS) is 14.1. The first-order chi connectivity index (χ1) is 60.2. The van der Waals surface area contributed by atoms with E-state index in [4.69, 9.17) is 28.7 Å². The molecular weight excluding hydrogens is 1580 g/mol. The van der Waals surface area contributed by atoms with E-state index in [-0.39, 0.29) is 96.4 Å². The first-order valence-corrected chi connectivity index (χ1v) is 43.5. The smallest absolute Gasteiger partial charge is 0.243 e. The molecule has 1 unspecified atom stereocenters. The number of primary amides is 1. The van der Waals surface area contributed by atoms with Gasteiger partial charge in [-0.25, -0.2) is 0 Å². The van der Waals surface area contributed by atoms with Crippen LogP contribution in [0.25, 0.3) is 0 Å². The van der Waals surface area contributed by atoms with Crippen molar-refractivity contribution in [3.05, 3.63) is 251 Å². The quantitative estimate of drug-likeness (QED) is 0.0207. The largest absolute Gasteiger partial charge is 0.368 e. The van der Waals surface area contributed by atoms with Crippen LogP contribution in [0.4, 0.5) is 0 Å². The molecule has 0 radical (unpaired) electrons. The minimum absolute atomic E-state index is 0.0211. The van der Waals surface area contributed by atoms with E-state index in [9.17, 15) is 24.0 Å². The van der Waals surface area contributed by atoms with Crippen LogP contribution in [0, 0.1) is 0 Å². The standard InChI is InChI=1S/C96H129N17O12/c1-70(77-34-15-8-16-35-77)107(60-86(101)115)94(123)68-111(74(5)81-42-23-12-24-43-81)90(119)61-103(54-31-50-98)59-85(114)84-48-29-57-106(84)93(122)66-112(75(6)82-44-25-13-26-45-82)91(120)62-104(55-32-51-99)89(118)65-110(73(4)80-40-21-11-22-41-80)96(125)69-113(76(7)83-46-27-14-28-47-83)92(121)63-105(56-33-52-100)88(117)64-109(72(3)79-38-19-10-20-39-79)95(124)67-108(87(116)58-102-53-30-49-97)71(2)78-36-17-9-18-37-78/h8-28,34-47,70-76,84,102H,29-33,48-69,97-100H2,1-7H3,(H2,101,115)/t70-,71+,72-,73-,74+,75+,76+,84?/m1/s1. The fourth-order valence-electron chi connectivity index (χ4n) is 15.8. The number of hydrogen-bond donors (Lipinski definition) is 6. The third-order valence-corrected chi connectivity index (χ3v) is 23.5. The lowest BCUT2D eigenvalue weighted by Gasteiger charge is -2.37. The molecule has 0 saturated carbocycles. The zero-order valence-corrected chi connectivity index (χ0v) is 73.6. The van der Waals surface area contributed by atoms with Crippen LogP contribution >= 0.6 is 0 Å². The molecule has 0 spiro atoms. The molecule has 1 aliphatic heterocycles. The second kappa shape index (κ2) is 50.8. The molecule has 670 valence electrons. The van der Waals surface area contributed by atoms with Crippen molar-refractivity contribution in [2.75, 3.05) is 137 Å². The molecule has 1 fully saturated rings. The van der Waals surface area contributed by atoms with Crippen molar-refractivity contribution in [1.29, 1.82) is 0 Å². The predicted octanol–water partition coefficient (Wildman–Crippen LogP) is 7.10. The topological polar surface area (TPSA) is 383 Å². The van der Waals surface area contributed by atoms with Crippen LogP contribution in [0.2, 0.25) is 0 Å². The van der Waals surface area contributed by atoms with E-state index in [1.54, 1.807) is 95.0 Å². The Hall–Kier alpha value is -11.9. The fraction of sp³-hybridized carbons (Fsp3) is 0.438. The molecule has 8 atom stereocenters. The van der Waals surface area contributed by atoms with E-state index in [0.29, 0.717) is 54.6 Å². The van der Waals surface area contributed by atoms with Crippen molar-refractivity contribution in [2.24, 2.45) is 28.7 Å². The van der Waals surface area contributed by atoms with Gasteiger partial charge in [0.15, 0.2) is 5.78 Å². The SMILES string of the molecule is C[C@H](c1ccccc1)N(CC(N)=O)C(=O)CN(C(=O)CN(CCCN)CC(=O)C1CCCN1C(=O)CN(C(=O)CN(CCCN)C(=O)CN(C(=O)CN(C(=O)CN(CCCN)C(=O)CN(C(=O)CN(C(=O)CNCCCN)[C@@H](C)c1ccccc1)[C@H](C)c1ccccc1)[C@@H](C)c1ccccc1)[C@H](C)c1ccccc1)[C@@H](C)c1ccccc1)[C@@H](C)c1ccccc1. The maximum atomic E-state index is 15.8. The minimum Gasteiger partial charge on any atom is -0.368 e. The summed E-state index contributed by atoms with van der Waals surface area (Å²) in [4.78, 5) is 195. The number of Topliss-reactive ketones (excluding diaryl/α,β-unsaturated/α-hetero) is 1. The highest BCUT2D eigenvalue weighted by atomic mass is 16.2. The average Bonchev–Trinajstić information content (AvgIpc) is 1.81. The van der Waals surface area contributed by atoms with E-state index in [0.717, 1.165) is 16.7 Å². The summed E-state index contributed by atoms with van der Waals surface area (Å²) < 4.78 is 0. The van der Waals surface area contributed by atoms with Crippen molar-refractivity contribution >= 4 is 70.8 Å². The minimum atomic E-state index is -0.971. The van der Waals surface area contributed by atoms with Gasteiger partial charge in [0.2, 0.25) is 65.0 Å². The number of carbonyl (C=O) groups is 12. The Labute approximate surface area is 736 Å². The second-order valence-corrected chi connectivity index (χ2v) is 32.0. The van der Waals surface area contributed by atoms with Gasteiger partial charge in [-0.1, -0.05) is 212 Å². The molecule has 0 aliphatic carbocycles. The Morgan fingerprint density at radius 1 is 0.320 bits per heavy atom. The molecule has 1 heterocycles. The van der Waals surface area contributed by atoms with Crippen LogP contribution in [0.1, 0.15) is 168 Å². The lowest BCUT2D eigenvalue weighted by atomic mass is 10.0. The molecule has 29 heteroatoms. The highest BCUT2D eigenvalue weighted by molar-refractivity contribution is 5.96. The Kier molecular flexibility index (Phi) is 40.1. The van der Waals surface area contributed by atoms with Crippen LogP contribution in [-0.4, -0.2) is 268 Å². The molecule has 7 aromatic rings. The summed E-state index contributed by atoms with van der Waals surface area (Å²) in [5.74, 6) is -6.76. The van der Waals surface area contributed by atoms with Gasteiger partial charge < -0.3 is 83.0 Å². The summed E-state index contributed by atoms with van der Waals surface area (Å²) in [7, 11) is 0. The third-order valence-electron chi connectivity index (χ3n) is 23.5. The summed E-state index contributed by atoms with van der Waals surface area (Å²) in [6.45, 7) is 8.77. The number of nitrogens with zero attached hydrogens (tertiary/aromatic N) is 11. The summed E-state index contributed by atoms with van der Waals surface area (Å²) in [5, 5.41) is 3.15. The van der Waals surface area contributed by atoms with Gasteiger partial charge in [0, 0.05) is 26.2 Å². The van der Waals surface area contributed by atoms with Crippen molar-refractivity contribution < 1.29 is 57.5 Å². The number of carbonyl (C=O) groups excluding carboxylic acids is 12. The summed E-state index contributed by atoms with van der Waals surface area (Å²) in [6.07, 6.45) is 2.20. The first kappa shape index (κ1) is 98.6. The zero-order valence-electron chi connectivity index (χ0n) is 73.6. The van der Waals surface area contributed by atoms with Gasteiger partial charge in [-0.2, -0.15) is 0 Å². The van der Waals surface area contributed by atoms with Crippen molar-refractivity contribution in [3.63, 3.8) is 0 Å². The lowest BCUT2D eigenvalue weighted by molar-refractivity contribution is -0.151. The van der Waals surface area contributed by atoms with Gasteiger partial charge in [0.25, 0.3) is 0 Å². The van der Waals surface area contributed by atoms with Crippen LogP contribution in [0.15, 0.2) is 212 Å². The Balaban J connectivity index is 1.04. The molecule has 29 nitrogen and oxygen atoms in total. The molecule has 125 heavy (non-hydrogen) atoms. The highest BCUT2D eigenvalue weighted by Gasteiger charge is 2.41. The number of ketones is 1. The van der Waals surface area contributed by atoms with Crippen molar-refractivity contribution in [3.8, 4) is 0 Å². The van der Waals surface area contributed by atoms with Crippen LogP contribution in [0.3, 0.4) is 0 Å². The monoisotopic (exact) mass is 1710 g/mol. The van der Waals surface area contributed by atoms with Gasteiger partial charge in [-0.15, -0.1) is 0 Å². The second-order valence-electron chi connectivity index (χ2n) is 32.0. The van der Waals surface area contributed by atoms with Gasteiger partial charge in [-0.05, 0) is 159 Å². The van der Waals surface area contributed by atoms with Gasteiger partial charge in [-0.3, -0.25) is 62.4 Å². The molecule has 7 aromatic carbocycles. The van der Waals surface area contributed by atoms with Crippen LogP contribution in [0.5, 0.6) is 0 Å². The fourth-order valence-corrected chi connectivity index (χ4v) is 15.8. The number of likely N-dealkylation sites (tertiary alicyclic amines) is 1. The predicted molar refractivity (Wildman–Crippen MR) is 482 cm³/mol. The van der Waals surface area contributed by atoms with Crippen molar-refractivity contribution in [2.45, 2.75) is 135 Å². The van der Waals surface area contributed by atoms with Gasteiger partial charge in [0.05, 0.1) is 87.6 Å². The van der Waals surface area contributed by atoms with E-state index < -0.39 is 166 Å². The molecule has 11 N–H and O–H groups in total. The van der Waals surface area contributed by atoms with E-state index in [1.165, 1.54) is 49.0 Å². The number of rotatable bonds is 51. The van der Waals surface area contributed by atoms with Crippen molar-refractivity contribution in [1.82, 2.24) is 59.2 Å². The van der Waals surface area contributed by atoms with E-state index in [1.807, 2.05) is 171 Å². The third kappa shape index (κ3) is 29.1. The number of amides is 11. The van der Waals surface area contributed by atoms with Crippen LogP contribution in [-0.2, 0) is 57.5 Å². The number of nitrogens with two attached hydrogens (primary N) is 5. The van der Waals surface area contributed by atoms with Gasteiger partial charge >= 0.3 is 0 Å². The van der Waals surface area contributed by atoms with E-state index >= 15 is 33.6 Å². The average molecular weight is 1710 g/mol. The number of nitrogens with one attached hydrogen (secondary N) is 1. The Morgan fingerprint density at radius 3 is 0.888 bits per heavy atom. The van der Waals surface area contributed by atoms with Crippen LogP contribution < -0.4 is 34.0 Å². The maximum absolute atomic E-state index is 15.8. The number of hydrogen-bond acceptors (Lipinski definition) is 18. The molecule has 11 amide bonds. The molecule has 1 aliphatic rings. The number of benzene rings is 7. The molecular formula is C96H129N17O12. The highest BCUT2D eigenvalue weighted by Crippen LogP contribution is 2.31. The summed E-state index contributed by atoms with van der Waals surface area (Å²) in [5.41, 5.74) is 34.8. The molecule has 1 saturated heterocycles. The maximum Gasteiger partial charge on any atom is 0.243 e. The zero-order chi connectivity index (χ0) is 90.5. The summed E-state index contributed by atoms with van der Waals surface area (Å²) >= 11 is 0. The van der Waals surface area contributed by atoms with E-state index in [2.05, 4.69) is 5.32 Å². The lowest BCUT2D eigenvalue weighted by Crippen LogP contribution is -2.54. The molecule has 8 rings (SSSR count). The summed E-state index contributed by atoms with van der Waals surface area (Å²) in [6, 6.07) is 57.9. The molecule has 0 aromatic heterocycles. The Bertz CT molecular complexity index is 4590. The molecule has 0 bridgehead atoms. The Morgan fingerprint density at radius 2 is 0.584 bits per heavy atom.